The third kappa shape index (κ3) is 1.90. The minimum atomic E-state index is -3.63. The molecular weight excluding hydrogens is 296 g/mol. The van der Waals surface area contributed by atoms with Gasteiger partial charge >= 0.3 is 5.97 Å². The molecule has 7 nitrogen and oxygen atoms in total. The Kier molecular flexibility index (Phi) is 2.80. The summed E-state index contributed by atoms with van der Waals surface area (Å²) in [6, 6.07) is 4.69. The summed E-state index contributed by atoms with van der Waals surface area (Å²) in [7, 11) is -0.579. The SMILES string of the molecule is COc1ccc2c(c1)S(=O)(=O)Cc1c(C(=O)O)nn(C)c1-2. The Balaban J connectivity index is 2.38. The third-order valence-corrected chi connectivity index (χ3v) is 5.14. The highest BCUT2D eigenvalue weighted by atomic mass is 32.2. The molecule has 2 heterocycles. The van der Waals surface area contributed by atoms with E-state index in [9.17, 15) is 13.2 Å². The van der Waals surface area contributed by atoms with Gasteiger partial charge in [-0.2, -0.15) is 5.10 Å². The fraction of sp³-hybridized carbons (Fsp3) is 0.231. The minimum Gasteiger partial charge on any atom is -0.497 e. The topological polar surface area (TPSA) is 98.5 Å². The number of carboxylic acids is 1. The summed E-state index contributed by atoms with van der Waals surface area (Å²) < 4.78 is 31.3. The van der Waals surface area contributed by atoms with Crippen molar-refractivity contribution in [1.29, 1.82) is 0 Å². The number of carboxylic acid groups (broad SMARTS) is 1. The zero-order chi connectivity index (χ0) is 15.4. The zero-order valence-corrected chi connectivity index (χ0v) is 12.1. The van der Waals surface area contributed by atoms with Crippen LogP contribution < -0.4 is 4.74 Å². The summed E-state index contributed by atoms with van der Waals surface area (Å²) in [6.07, 6.45) is 0. The van der Waals surface area contributed by atoms with Gasteiger partial charge in [0.2, 0.25) is 0 Å². The lowest BCUT2D eigenvalue weighted by Crippen LogP contribution is -2.15. The van der Waals surface area contributed by atoms with Crippen molar-refractivity contribution >= 4 is 15.8 Å². The Labute approximate surface area is 120 Å². The molecule has 21 heavy (non-hydrogen) atoms. The summed E-state index contributed by atoms with van der Waals surface area (Å²) in [5.41, 5.74) is 0.958. The smallest absolute Gasteiger partial charge is 0.356 e. The molecule has 1 aromatic carbocycles. The van der Waals surface area contributed by atoms with Crippen molar-refractivity contribution < 1.29 is 23.1 Å². The fourth-order valence-electron chi connectivity index (χ4n) is 2.56. The van der Waals surface area contributed by atoms with Gasteiger partial charge in [0, 0.05) is 18.2 Å². The molecule has 110 valence electrons. The molecule has 1 aromatic heterocycles. The minimum absolute atomic E-state index is 0.134. The van der Waals surface area contributed by atoms with Crippen LogP contribution in [0.4, 0.5) is 0 Å². The van der Waals surface area contributed by atoms with E-state index < -0.39 is 15.8 Å². The van der Waals surface area contributed by atoms with Gasteiger partial charge in [-0.05, 0) is 18.2 Å². The molecule has 0 saturated heterocycles. The molecule has 0 amide bonds. The second-order valence-corrected chi connectivity index (χ2v) is 6.68. The van der Waals surface area contributed by atoms with Crippen molar-refractivity contribution in [2.75, 3.05) is 7.11 Å². The Hall–Kier alpha value is -2.35. The van der Waals surface area contributed by atoms with Crippen molar-refractivity contribution in [3.8, 4) is 17.0 Å². The van der Waals surface area contributed by atoms with Gasteiger partial charge in [-0.3, -0.25) is 4.68 Å². The molecule has 0 bridgehead atoms. The van der Waals surface area contributed by atoms with E-state index in [1.54, 1.807) is 19.2 Å². The Morgan fingerprint density at radius 3 is 2.76 bits per heavy atom. The van der Waals surface area contributed by atoms with Crippen molar-refractivity contribution in [1.82, 2.24) is 9.78 Å². The maximum Gasteiger partial charge on any atom is 0.356 e. The molecule has 0 spiro atoms. The lowest BCUT2D eigenvalue weighted by atomic mass is 10.1. The van der Waals surface area contributed by atoms with Gasteiger partial charge in [0.25, 0.3) is 0 Å². The quantitative estimate of drug-likeness (QED) is 0.891. The summed E-state index contributed by atoms with van der Waals surface area (Å²) in [5, 5.41) is 13.1. The fourth-order valence-corrected chi connectivity index (χ4v) is 4.17. The van der Waals surface area contributed by atoms with Crippen molar-refractivity contribution in [3.05, 3.63) is 29.5 Å². The van der Waals surface area contributed by atoms with Gasteiger partial charge in [0.05, 0.1) is 23.5 Å². The maximum atomic E-state index is 12.4. The molecule has 0 saturated carbocycles. The lowest BCUT2D eigenvalue weighted by molar-refractivity contribution is 0.0689. The second-order valence-electron chi connectivity index (χ2n) is 4.73. The summed E-state index contributed by atoms with van der Waals surface area (Å²) in [5.74, 6) is -1.18. The number of aromatic carboxylic acids is 1. The predicted octanol–water partition coefficient (Wildman–Crippen LogP) is 1.08. The van der Waals surface area contributed by atoms with Crippen LogP contribution >= 0.6 is 0 Å². The van der Waals surface area contributed by atoms with E-state index in [0.29, 0.717) is 17.0 Å². The van der Waals surface area contributed by atoms with Crippen molar-refractivity contribution in [2.24, 2.45) is 7.05 Å². The van der Waals surface area contributed by atoms with E-state index in [1.165, 1.54) is 17.9 Å². The monoisotopic (exact) mass is 308 g/mol. The lowest BCUT2D eigenvalue weighted by Gasteiger charge is -2.18. The maximum absolute atomic E-state index is 12.4. The normalized spacial score (nSPS) is 15.1. The van der Waals surface area contributed by atoms with Crippen LogP contribution in [0.2, 0.25) is 0 Å². The van der Waals surface area contributed by atoms with E-state index in [1.807, 2.05) is 0 Å². The van der Waals surface area contributed by atoms with Gasteiger partial charge in [-0.25, -0.2) is 13.2 Å². The molecule has 1 aliphatic heterocycles. The first-order valence-corrected chi connectivity index (χ1v) is 7.70. The Bertz CT molecular complexity index is 867. The number of hydrogen-bond acceptors (Lipinski definition) is 5. The zero-order valence-electron chi connectivity index (χ0n) is 11.3. The number of ether oxygens (including phenoxy) is 1. The molecule has 0 atom stereocenters. The molecule has 1 N–H and O–H groups in total. The highest BCUT2D eigenvalue weighted by Gasteiger charge is 2.35. The number of methoxy groups -OCH3 is 1. The standard InChI is InChI=1S/C13H12N2O5S/c1-15-12-8-4-3-7(20-2)5-10(8)21(18,19)6-9(12)11(14-15)13(16)17/h3-5H,6H2,1-2H3,(H,16,17). The molecule has 1 aliphatic rings. The highest BCUT2D eigenvalue weighted by molar-refractivity contribution is 7.90. The van der Waals surface area contributed by atoms with E-state index in [0.717, 1.165) is 0 Å². The number of sulfone groups is 1. The molecule has 2 aromatic rings. The number of fused-ring (bicyclic) bond motifs is 3. The van der Waals surface area contributed by atoms with Crippen LogP contribution in [0.5, 0.6) is 5.75 Å². The predicted molar refractivity (Wildman–Crippen MR) is 73.0 cm³/mol. The van der Waals surface area contributed by atoms with Crippen LogP contribution in [-0.4, -0.2) is 36.4 Å². The molecule has 8 heteroatoms. The van der Waals surface area contributed by atoms with Crippen molar-refractivity contribution in [2.45, 2.75) is 10.6 Å². The Morgan fingerprint density at radius 1 is 1.43 bits per heavy atom. The van der Waals surface area contributed by atoms with Crippen molar-refractivity contribution in [3.63, 3.8) is 0 Å². The number of benzene rings is 1. The van der Waals surface area contributed by atoms with Crippen LogP contribution in [0.1, 0.15) is 16.1 Å². The summed E-state index contributed by atoms with van der Waals surface area (Å²) in [6.45, 7) is 0. The number of nitrogens with zero attached hydrogens (tertiary/aromatic N) is 2. The van der Waals surface area contributed by atoms with Crippen LogP contribution in [0.15, 0.2) is 23.1 Å². The number of aryl methyl sites for hydroxylation is 1. The molecule has 0 aliphatic carbocycles. The Morgan fingerprint density at radius 2 is 2.14 bits per heavy atom. The number of carbonyl (C=O) groups is 1. The first-order chi connectivity index (χ1) is 9.85. The largest absolute Gasteiger partial charge is 0.497 e. The first kappa shape index (κ1) is 13.6. The summed E-state index contributed by atoms with van der Waals surface area (Å²) >= 11 is 0. The first-order valence-electron chi connectivity index (χ1n) is 6.05. The molecule has 3 rings (SSSR count). The van der Waals surface area contributed by atoms with Gasteiger partial charge in [-0.15, -0.1) is 0 Å². The molecule has 0 fully saturated rings. The number of hydrogen-bond donors (Lipinski definition) is 1. The van der Waals surface area contributed by atoms with Crippen LogP contribution in [0, 0.1) is 0 Å². The van der Waals surface area contributed by atoms with Gasteiger partial charge < -0.3 is 9.84 Å². The van der Waals surface area contributed by atoms with E-state index in [4.69, 9.17) is 9.84 Å². The molecule has 0 unspecified atom stereocenters. The number of aromatic nitrogens is 2. The average molecular weight is 308 g/mol. The highest BCUT2D eigenvalue weighted by Crippen LogP contribution is 2.40. The molecular formula is C13H12N2O5S. The van der Waals surface area contributed by atoms with E-state index >= 15 is 0 Å². The van der Waals surface area contributed by atoms with E-state index in [2.05, 4.69) is 5.10 Å². The third-order valence-electron chi connectivity index (χ3n) is 3.46. The molecule has 0 radical (unpaired) electrons. The van der Waals surface area contributed by atoms with Gasteiger partial charge in [0.15, 0.2) is 15.5 Å². The van der Waals surface area contributed by atoms with Gasteiger partial charge in [0.1, 0.15) is 5.75 Å². The van der Waals surface area contributed by atoms with E-state index in [-0.39, 0.29) is 21.9 Å². The average Bonchev–Trinajstić information content (AvgIpc) is 2.74. The summed E-state index contributed by atoms with van der Waals surface area (Å²) in [4.78, 5) is 11.4. The van der Waals surface area contributed by atoms with Crippen LogP contribution in [0.3, 0.4) is 0 Å². The number of rotatable bonds is 2. The van der Waals surface area contributed by atoms with Gasteiger partial charge in [-0.1, -0.05) is 0 Å². The van der Waals surface area contributed by atoms with Crippen LogP contribution in [0.25, 0.3) is 11.3 Å². The van der Waals surface area contributed by atoms with Crippen LogP contribution in [-0.2, 0) is 22.6 Å². The second kappa shape index (κ2) is 4.32.